The third kappa shape index (κ3) is 1.91. The number of nitrogen functional groups attached to an aromatic ring is 1. The molecule has 0 saturated carbocycles. The van der Waals surface area contributed by atoms with Crippen LogP contribution in [0.2, 0.25) is 0 Å². The number of hydrogen-bond donors (Lipinski definition) is 2. The summed E-state index contributed by atoms with van der Waals surface area (Å²) in [6.07, 6.45) is 3.62. The number of H-pyrrole nitrogens is 1. The molecule has 2 heterocycles. The Balaban J connectivity index is 2.14. The van der Waals surface area contributed by atoms with Crippen molar-refractivity contribution in [1.82, 2.24) is 20.0 Å². The van der Waals surface area contributed by atoms with Gasteiger partial charge in [0.25, 0.3) is 0 Å². The van der Waals surface area contributed by atoms with Crippen molar-refractivity contribution in [3.05, 3.63) is 42.4 Å². The molecule has 1 aromatic carbocycles. The zero-order chi connectivity index (χ0) is 14.1. The lowest BCUT2D eigenvalue weighted by molar-refractivity contribution is 0.416. The van der Waals surface area contributed by atoms with Crippen molar-refractivity contribution in [3.63, 3.8) is 0 Å². The molecule has 2 aromatic heterocycles. The van der Waals surface area contributed by atoms with Crippen molar-refractivity contribution in [3.8, 4) is 22.6 Å². The Labute approximate surface area is 116 Å². The second-order valence-electron chi connectivity index (χ2n) is 4.43. The lowest BCUT2D eigenvalue weighted by atomic mass is 10.0. The molecule has 3 aromatic rings. The minimum Gasteiger partial charge on any atom is -0.496 e. The number of rotatable bonds is 3. The molecule has 3 rings (SSSR count). The third-order valence-corrected chi connectivity index (χ3v) is 3.20. The van der Waals surface area contributed by atoms with Gasteiger partial charge < -0.3 is 10.5 Å². The SMILES string of the molecule is COc1cc(-n2cccn2)ccc1-c1c(C)n[nH]c1N. The first kappa shape index (κ1) is 12.3. The van der Waals surface area contributed by atoms with Gasteiger partial charge in [-0.15, -0.1) is 0 Å². The van der Waals surface area contributed by atoms with Crippen molar-refractivity contribution >= 4 is 5.82 Å². The highest BCUT2D eigenvalue weighted by Gasteiger charge is 2.15. The molecule has 0 aliphatic heterocycles. The maximum Gasteiger partial charge on any atom is 0.129 e. The molecule has 0 aliphatic rings. The fraction of sp³-hybridized carbons (Fsp3) is 0.143. The van der Waals surface area contributed by atoms with Crippen molar-refractivity contribution in [2.75, 3.05) is 12.8 Å². The number of nitrogens with one attached hydrogen (secondary N) is 1. The van der Waals surface area contributed by atoms with Crippen LogP contribution >= 0.6 is 0 Å². The van der Waals surface area contributed by atoms with Crippen LogP contribution in [0.5, 0.6) is 5.75 Å². The van der Waals surface area contributed by atoms with Crippen LogP contribution in [0, 0.1) is 6.92 Å². The molecule has 0 bridgehead atoms. The van der Waals surface area contributed by atoms with E-state index < -0.39 is 0 Å². The predicted octanol–water partition coefficient (Wildman–Crippen LogP) is 2.16. The maximum atomic E-state index is 5.94. The summed E-state index contributed by atoms with van der Waals surface area (Å²) in [6, 6.07) is 7.73. The molecule has 0 spiro atoms. The Morgan fingerprint density at radius 1 is 1.35 bits per heavy atom. The van der Waals surface area contributed by atoms with Crippen LogP contribution in [0.1, 0.15) is 5.69 Å². The molecule has 0 amide bonds. The van der Waals surface area contributed by atoms with E-state index in [4.69, 9.17) is 10.5 Å². The molecular formula is C14H15N5O. The molecule has 0 unspecified atom stereocenters. The summed E-state index contributed by atoms with van der Waals surface area (Å²) in [4.78, 5) is 0. The van der Waals surface area contributed by atoms with E-state index in [2.05, 4.69) is 15.3 Å². The number of hydrogen-bond acceptors (Lipinski definition) is 4. The lowest BCUT2D eigenvalue weighted by Gasteiger charge is -2.11. The highest BCUT2D eigenvalue weighted by atomic mass is 16.5. The molecule has 102 valence electrons. The van der Waals surface area contributed by atoms with Gasteiger partial charge in [0.05, 0.1) is 24.1 Å². The van der Waals surface area contributed by atoms with Crippen LogP contribution < -0.4 is 10.5 Å². The average molecular weight is 269 g/mol. The first-order valence-electron chi connectivity index (χ1n) is 6.19. The van der Waals surface area contributed by atoms with Crippen LogP contribution in [-0.4, -0.2) is 27.1 Å². The number of aryl methyl sites for hydroxylation is 1. The Kier molecular flexibility index (Phi) is 2.90. The smallest absolute Gasteiger partial charge is 0.129 e. The largest absolute Gasteiger partial charge is 0.496 e. The average Bonchev–Trinajstić information content (AvgIpc) is 3.09. The first-order valence-corrected chi connectivity index (χ1v) is 6.19. The quantitative estimate of drug-likeness (QED) is 0.763. The van der Waals surface area contributed by atoms with E-state index in [0.717, 1.165) is 28.3 Å². The Hall–Kier alpha value is -2.76. The van der Waals surface area contributed by atoms with Crippen LogP contribution in [0.25, 0.3) is 16.8 Å². The molecule has 0 saturated heterocycles. The number of aromatic nitrogens is 4. The molecule has 3 N–H and O–H groups in total. The zero-order valence-electron chi connectivity index (χ0n) is 11.3. The molecule has 20 heavy (non-hydrogen) atoms. The van der Waals surface area contributed by atoms with Crippen molar-refractivity contribution < 1.29 is 4.74 Å². The highest BCUT2D eigenvalue weighted by molar-refractivity contribution is 5.81. The zero-order valence-corrected chi connectivity index (χ0v) is 11.3. The summed E-state index contributed by atoms with van der Waals surface area (Å²) in [5, 5.41) is 11.1. The number of aromatic amines is 1. The number of ether oxygens (including phenoxy) is 1. The Morgan fingerprint density at radius 3 is 2.80 bits per heavy atom. The van der Waals surface area contributed by atoms with Crippen LogP contribution in [0.4, 0.5) is 5.82 Å². The number of nitrogens with two attached hydrogens (primary N) is 1. The van der Waals surface area contributed by atoms with Gasteiger partial charge in [0, 0.05) is 24.0 Å². The minimum absolute atomic E-state index is 0.535. The van der Waals surface area contributed by atoms with Gasteiger partial charge in [-0.05, 0) is 25.1 Å². The number of benzene rings is 1. The lowest BCUT2D eigenvalue weighted by Crippen LogP contribution is -1.97. The van der Waals surface area contributed by atoms with Crippen LogP contribution in [0.15, 0.2) is 36.7 Å². The molecule has 0 atom stereocenters. The minimum atomic E-state index is 0.535. The maximum absolute atomic E-state index is 5.94. The standard InChI is InChI=1S/C14H15N5O/c1-9-13(14(15)18-17-9)11-5-4-10(8-12(11)20-2)19-7-3-6-16-19/h3-8H,1-2H3,(H3,15,17,18). The molecule has 6 heteroatoms. The van der Waals surface area contributed by atoms with E-state index in [-0.39, 0.29) is 0 Å². The monoisotopic (exact) mass is 269 g/mol. The number of anilines is 1. The van der Waals surface area contributed by atoms with E-state index in [0.29, 0.717) is 5.82 Å². The summed E-state index contributed by atoms with van der Waals surface area (Å²) in [6.45, 7) is 1.91. The molecule has 0 aliphatic carbocycles. The molecule has 0 radical (unpaired) electrons. The van der Waals surface area contributed by atoms with Gasteiger partial charge in [0.1, 0.15) is 11.6 Å². The first-order chi connectivity index (χ1) is 9.70. The molecular weight excluding hydrogens is 254 g/mol. The molecule has 0 fully saturated rings. The van der Waals surface area contributed by atoms with Gasteiger partial charge in [-0.25, -0.2) is 4.68 Å². The van der Waals surface area contributed by atoms with Crippen molar-refractivity contribution in [1.29, 1.82) is 0 Å². The fourth-order valence-corrected chi connectivity index (χ4v) is 2.24. The summed E-state index contributed by atoms with van der Waals surface area (Å²) in [5.41, 5.74) is 9.48. The van der Waals surface area contributed by atoms with E-state index in [1.54, 1.807) is 18.0 Å². The van der Waals surface area contributed by atoms with Gasteiger partial charge in [0.15, 0.2) is 0 Å². The Bertz CT molecular complexity index is 711. The summed E-state index contributed by atoms with van der Waals surface area (Å²) in [5.74, 6) is 1.27. The van der Waals surface area contributed by atoms with E-state index in [1.807, 2.05) is 37.4 Å². The third-order valence-electron chi connectivity index (χ3n) is 3.20. The normalized spacial score (nSPS) is 10.7. The predicted molar refractivity (Wildman–Crippen MR) is 76.8 cm³/mol. The van der Waals surface area contributed by atoms with E-state index >= 15 is 0 Å². The number of methoxy groups -OCH3 is 1. The topological polar surface area (TPSA) is 81.8 Å². The fourth-order valence-electron chi connectivity index (χ4n) is 2.24. The molecule has 6 nitrogen and oxygen atoms in total. The van der Waals surface area contributed by atoms with Gasteiger partial charge in [-0.1, -0.05) is 0 Å². The highest BCUT2D eigenvalue weighted by Crippen LogP contribution is 2.36. The number of nitrogens with zero attached hydrogens (tertiary/aromatic N) is 3. The second kappa shape index (κ2) is 4.73. The summed E-state index contributed by atoms with van der Waals surface area (Å²) < 4.78 is 7.26. The van der Waals surface area contributed by atoms with Gasteiger partial charge in [-0.2, -0.15) is 10.2 Å². The van der Waals surface area contributed by atoms with Gasteiger partial charge in [-0.3, -0.25) is 5.10 Å². The Morgan fingerprint density at radius 2 is 2.20 bits per heavy atom. The van der Waals surface area contributed by atoms with E-state index in [1.165, 1.54) is 0 Å². The van der Waals surface area contributed by atoms with Gasteiger partial charge >= 0.3 is 0 Å². The van der Waals surface area contributed by atoms with Crippen LogP contribution in [-0.2, 0) is 0 Å². The van der Waals surface area contributed by atoms with Crippen LogP contribution in [0.3, 0.4) is 0 Å². The van der Waals surface area contributed by atoms with E-state index in [9.17, 15) is 0 Å². The van der Waals surface area contributed by atoms with Crippen molar-refractivity contribution in [2.24, 2.45) is 0 Å². The van der Waals surface area contributed by atoms with Gasteiger partial charge in [0.2, 0.25) is 0 Å². The second-order valence-corrected chi connectivity index (χ2v) is 4.43. The summed E-state index contributed by atoms with van der Waals surface area (Å²) >= 11 is 0. The van der Waals surface area contributed by atoms with Crippen molar-refractivity contribution in [2.45, 2.75) is 6.92 Å². The summed E-state index contributed by atoms with van der Waals surface area (Å²) in [7, 11) is 1.64.